The van der Waals surface area contributed by atoms with Crippen molar-refractivity contribution in [1.29, 1.82) is 0 Å². The summed E-state index contributed by atoms with van der Waals surface area (Å²) in [7, 11) is 1.82. The minimum absolute atomic E-state index is 0.0511. The van der Waals surface area contributed by atoms with Crippen molar-refractivity contribution in [3.63, 3.8) is 0 Å². The Morgan fingerprint density at radius 2 is 1.97 bits per heavy atom. The van der Waals surface area contributed by atoms with Crippen molar-refractivity contribution in [3.8, 4) is 11.3 Å². The van der Waals surface area contributed by atoms with E-state index in [0.29, 0.717) is 29.4 Å². The van der Waals surface area contributed by atoms with Gasteiger partial charge in [0.25, 0.3) is 5.91 Å². The van der Waals surface area contributed by atoms with Gasteiger partial charge in [-0.05, 0) is 30.5 Å². The summed E-state index contributed by atoms with van der Waals surface area (Å²) >= 11 is 6.04. The van der Waals surface area contributed by atoms with Gasteiger partial charge in [-0.2, -0.15) is 5.10 Å². The third-order valence-corrected chi connectivity index (χ3v) is 5.40. The van der Waals surface area contributed by atoms with Crippen LogP contribution in [0.15, 0.2) is 60.8 Å². The Labute approximate surface area is 175 Å². The summed E-state index contributed by atoms with van der Waals surface area (Å²) < 4.78 is 7.52. The van der Waals surface area contributed by atoms with Crippen LogP contribution in [0.25, 0.3) is 11.3 Å². The smallest absolute Gasteiger partial charge is 0.257 e. The van der Waals surface area contributed by atoms with Crippen LogP contribution in [-0.4, -0.2) is 46.9 Å². The monoisotopic (exact) mass is 409 g/mol. The van der Waals surface area contributed by atoms with Gasteiger partial charge in [0.05, 0.1) is 18.2 Å². The summed E-state index contributed by atoms with van der Waals surface area (Å²) in [5.41, 5.74) is 3.25. The van der Waals surface area contributed by atoms with Gasteiger partial charge >= 0.3 is 0 Å². The zero-order valence-corrected chi connectivity index (χ0v) is 17.2. The second kappa shape index (κ2) is 8.80. The molecule has 150 valence electrons. The van der Waals surface area contributed by atoms with Crippen LogP contribution in [0.3, 0.4) is 0 Å². The molecule has 1 aliphatic heterocycles. The molecular formula is C23H24ClN3O2. The van der Waals surface area contributed by atoms with Gasteiger partial charge < -0.3 is 9.64 Å². The Morgan fingerprint density at radius 3 is 2.66 bits per heavy atom. The number of rotatable bonds is 6. The maximum absolute atomic E-state index is 13.3. The van der Waals surface area contributed by atoms with Gasteiger partial charge in [-0.3, -0.25) is 9.48 Å². The average Bonchev–Trinajstić information content (AvgIpc) is 3.39. The topological polar surface area (TPSA) is 47.4 Å². The van der Waals surface area contributed by atoms with Crippen molar-refractivity contribution in [3.05, 3.63) is 76.9 Å². The molecule has 6 heteroatoms. The number of carbonyl (C=O) groups excluding carboxylic acids is 1. The molecule has 3 aromatic rings. The highest BCUT2D eigenvalue weighted by Crippen LogP contribution is 2.26. The van der Waals surface area contributed by atoms with Gasteiger partial charge in [0.15, 0.2) is 0 Å². The average molecular weight is 410 g/mol. The number of likely N-dealkylation sites (N-methyl/N-ethyl adjacent to an activating group) is 1. The van der Waals surface area contributed by atoms with Crippen LogP contribution in [0.5, 0.6) is 0 Å². The molecule has 0 spiro atoms. The van der Waals surface area contributed by atoms with Crippen LogP contribution in [0.4, 0.5) is 0 Å². The maximum atomic E-state index is 13.3. The maximum Gasteiger partial charge on any atom is 0.257 e. The lowest BCUT2D eigenvalue weighted by atomic mass is 10.1. The fourth-order valence-corrected chi connectivity index (χ4v) is 3.76. The van der Waals surface area contributed by atoms with E-state index >= 15 is 0 Å². The summed E-state index contributed by atoms with van der Waals surface area (Å²) in [6, 6.07) is 17.5. The lowest BCUT2D eigenvalue weighted by Gasteiger charge is -2.20. The number of hydrogen-bond donors (Lipinski definition) is 0. The van der Waals surface area contributed by atoms with Crippen molar-refractivity contribution in [2.75, 3.05) is 20.2 Å². The van der Waals surface area contributed by atoms with Crippen molar-refractivity contribution >= 4 is 17.5 Å². The molecule has 0 saturated carbocycles. The largest absolute Gasteiger partial charge is 0.376 e. The van der Waals surface area contributed by atoms with E-state index < -0.39 is 0 Å². The Bertz CT molecular complexity index is 964. The first kappa shape index (κ1) is 19.7. The van der Waals surface area contributed by atoms with Gasteiger partial charge in [0.1, 0.15) is 5.69 Å². The van der Waals surface area contributed by atoms with E-state index in [9.17, 15) is 4.79 Å². The molecule has 2 aromatic carbocycles. The van der Waals surface area contributed by atoms with Gasteiger partial charge in [0.2, 0.25) is 0 Å². The summed E-state index contributed by atoms with van der Waals surface area (Å²) in [6.07, 6.45) is 4.00. The van der Waals surface area contributed by atoms with Crippen molar-refractivity contribution < 1.29 is 9.53 Å². The normalized spacial score (nSPS) is 16.1. The van der Waals surface area contributed by atoms with Crippen LogP contribution >= 0.6 is 11.6 Å². The summed E-state index contributed by atoms with van der Waals surface area (Å²) in [4.78, 5) is 15.0. The van der Waals surface area contributed by atoms with Crippen LogP contribution in [0.2, 0.25) is 5.02 Å². The van der Waals surface area contributed by atoms with E-state index in [1.54, 1.807) is 4.90 Å². The number of benzene rings is 2. The first-order valence-electron chi connectivity index (χ1n) is 9.84. The van der Waals surface area contributed by atoms with Crippen molar-refractivity contribution in [2.24, 2.45) is 0 Å². The molecule has 0 bridgehead atoms. The standard InChI is InChI=1S/C23H24ClN3O2/c1-26(15-20-8-5-13-29-20)23(28)21-16-27(14-17-6-3-2-4-7-17)25-22(21)18-9-11-19(24)12-10-18/h2-4,6-7,9-12,16,20H,5,8,13-15H2,1H3. The molecule has 1 aromatic heterocycles. The highest BCUT2D eigenvalue weighted by molar-refractivity contribution is 6.30. The lowest BCUT2D eigenvalue weighted by molar-refractivity contribution is 0.0587. The molecule has 1 amide bonds. The first-order valence-corrected chi connectivity index (χ1v) is 10.2. The van der Waals surface area contributed by atoms with Crippen molar-refractivity contribution in [1.82, 2.24) is 14.7 Å². The predicted octanol–water partition coefficient (Wildman–Crippen LogP) is 4.50. The number of aromatic nitrogens is 2. The number of carbonyl (C=O) groups is 1. The zero-order valence-electron chi connectivity index (χ0n) is 16.4. The lowest BCUT2D eigenvalue weighted by Crippen LogP contribution is -2.34. The van der Waals surface area contributed by atoms with Gasteiger partial charge in [-0.25, -0.2) is 0 Å². The minimum atomic E-state index is -0.0511. The third-order valence-electron chi connectivity index (χ3n) is 5.15. The fraction of sp³-hybridized carbons (Fsp3) is 0.304. The third kappa shape index (κ3) is 4.69. The Kier molecular flexibility index (Phi) is 5.97. The van der Waals surface area contributed by atoms with Crippen LogP contribution < -0.4 is 0 Å². The van der Waals surface area contributed by atoms with E-state index in [-0.39, 0.29) is 12.0 Å². The van der Waals surface area contributed by atoms with Crippen LogP contribution in [-0.2, 0) is 11.3 Å². The second-order valence-electron chi connectivity index (χ2n) is 7.40. The molecule has 1 fully saturated rings. The SMILES string of the molecule is CN(CC1CCCO1)C(=O)c1cn(Cc2ccccc2)nc1-c1ccc(Cl)cc1. The van der Waals surface area contributed by atoms with E-state index in [4.69, 9.17) is 21.4 Å². The molecule has 2 heterocycles. The number of halogens is 1. The van der Waals surface area contributed by atoms with E-state index in [2.05, 4.69) is 12.1 Å². The molecule has 0 radical (unpaired) electrons. The van der Waals surface area contributed by atoms with Crippen LogP contribution in [0, 0.1) is 0 Å². The summed E-state index contributed by atoms with van der Waals surface area (Å²) in [5, 5.41) is 5.39. The molecule has 0 aliphatic carbocycles. The molecule has 4 rings (SSSR count). The minimum Gasteiger partial charge on any atom is -0.376 e. The Balaban J connectivity index is 1.64. The Morgan fingerprint density at radius 1 is 1.21 bits per heavy atom. The Hall–Kier alpha value is -2.63. The summed E-state index contributed by atoms with van der Waals surface area (Å²) in [5.74, 6) is -0.0511. The van der Waals surface area contributed by atoms with Gasteiger partial charge in [0, 0.05) is 37.0 Å². The number of nitrogens with zero attached hydrogens (tertiary/aromatic N) is 3. The number of amides is 1. The quantitative estimate of drug-likeness (QED) is 0.602. The molecule has 1 aliphatic rings. The van der Waals surface area contributed by atoms with E-state index in [1.165, 1.54) is 0 Å². The molecule has 0 N–H and O–H groups in total. The van der Waals surface area contributed by atoms with Gasteiger partial charge in [-0.1, -0.05) is 54.1 Å². The fourth-order valence-electron chi connectivity index (χ4n) is 3.63. The molecule has 29 heavy (non-hydrogen) atoms. The zero-order chi connectivity index (χ0) is 20.2. The summed E-state index contributed by atoms with van der Waals surface area (Å²) in [6.45, 7) is 1.96. The number of ether oxygens (including phenoxy) is 1. The van der Waals surface area contributed by atoms with Crippen molar-refractivity contribution in [2.45, 2.75) is 25.5 Å². The molecular weight excluding hydrogens is 386 g/mol. The van der Waals surface area contributed by atoms with E-state index in [1.807, 2.05) is 60.4 Å². The van der Waals surface area contributed by atoms with E-state index in [0.717, 1.165) is 30.6 Å². The molecule has 1 unspecified atom stereocenters. The highest BCUT2D eigenvalue weighted by Gasteiger charge is 2.25. The molecule has 1 saturated heterocycles. The van der Waals surface area contributed by atoms with Crippen LogP contribution in [0.1, 0.15) is 28.8 Å². The molecule has 1 atom stereocenters. The van der Waals surface area contributed by atoms with Gasteiger partial charge in [-0.15, -0.1) is 0 Å². The predicted molar refractivity (Wildman–Crippen MR) is 114 cm³/mol. The number of hydrogen-bond acceptors (Lipinski definition) is 3. The molecule has 5 nitrogen and oxygen atoms in total. The second-order valence-corrected chi connectivity index (χ2v) is 7.84. The first-order chi connectivity index (χ1) is 14.1. The highest BCUT2D eigenvalue weighted by atomic mass is 35.5.